The number of ketones is 1. The van der Waals surface area contributed by atoms with Gasteiger partial charge in [-0.1, -0.05) is 30.3 Å². The molecular formula is C14H14N2O. The maximum Gasteiger partial charge on any atom is 0.196 e. The lowest BCUT2D eigenvalue weighted by molar-refractivity contribution is 0.103. The lowest BCUT2D eigenvalue weighted by Crippen LogP contribution is -2.14. The van der Waals surface area contributed by atoms with Crippen LogP contribution in [0.5, 0.6) is 0 Å². The molecule has 0 bridgehead atoms. The third-order valence-electron chi connectivity index (χ3n) is 2.56. The monoisotopic (exact) mass is 226 g/mol. The predicted molar refractivity (Wildman–Crippen MR) is 68.4 cm³/mol. The van der Waals surface area contributed by atoms with Gasteiger partial charge in [-0.2, -0.15) is 0 Å². The van der Waals surface area contributed by atoms with E-state index in [1.165, 1.54) is 0 Å². The molecule has 0 radical (unpaired) electrons. The molecule has 2 rings (SSSR count). The van der Waals surface area contributed by atoms with Crippen molar-refractivity contribution in [3.8, 4) is 0 Å². The van der Waals surface area contributed by atoms with E-state index in [9.17, 15) is 4.79 Å². The number of carbonyl (C=O) groups excluding carboxylic acids is 1. The van der Waals surface area contributed by atoms with Crippen LogP contribution in [0.4, 0.5) is 5.69 Å². The smallest absolute Gasteiger partial charge is 0.196 e. The number of benzene rings is 1. The average molecular weight is 226 g/mol. The van der Waals surface area contributed by atoms with Crippen LogP contribution in [0.2, 0.25) is 0 Å². The van der Waals surface area contributed by atoms with E-state index in [0.717, 1.165) is 5.69 Å². The van der Waals surface area contributed by atoms with Crippen molar-refractivity contribution in [2.24, 2.45) is 0 Å². The zero-order valence-electron chi connectivity index (χ0n) is 9.92. The number of pyridine rings is 1. The molecule has 1 heterocycles. The Morgan fingerprint density at radius 1 is 1.12 bits per heavy atom. The van der Waals surface area contributed by atoms with Crippen LogP contribution >= 0.6 is 0 Å². The highest BCUT2D eigenvalue weighted by Gasteiger charge is 2.14. The minimum Gasteiger partial charge on any atom is -0.377 e. The zero-order valence-corrected chi connectivity index (χ0v) is 9.92. The maximum absolute atomic E-state index is 12.3. The topological polar surface area (TPSA) is 33.2 Å². The molecule has 0 fully saturated rings. The minimum absolute atomic E-state index is 0.00222. The fraction of sp³-hybridized carbons (Fsp3) is 0.143. The fourth-order valence-corrected chi connectivity index (χ4v) is 1.70. The van der Waals surface area contributed by atoms with E-state index >= 15 is 0 Å². The lowest BCUT2D eigenvalue weighted by atomic mass is 10.0. The molecule has 0 spiro atoms. The summed E-state index contributed by atoms with van der Waals surface area (Å²) < 4.78 is 0. The molecule has 2 aromatic rings. The first-order valence-electron chi connectivity index (χ1n) is 5.41. The molecule has 0 unspecified atom stereocenters. The van der Waals surface area contributed by atoms with Gasteiger partial charge in [0.15, 0.2) is 5.78 Å². The summed E-state index contributed by atoms with van der Waals surface area (Å²) in [6.45, 7) is 0. The Kier molecular flexibility index (Phi) is 3.19. The van der Waals surface area contributed by atoms with Gasteiger partial charge in [-0.05, 0) is 6.07 Å². The second-order valence-electron chi connectivity index (χ2n) is 3.98. The Morgan fingerprint density at radius 2 is 1.82 bits per heavy atom. The minimum atomic E-state index is 0.00222. The number of hydrogen-bond acceptors (Lipinski definition) is 3. The molecule has 3 nitrogen and oxygen atoms in total. The van der Waals surface area contributed by atoms with E-state index in [4.69, 9.17) is 0 Å². The standard InChI is InChI=1S/C14H14N2O/c1-16(2)13-8-9-15-10-12(13)14(17)11-6-4-3-5-7-11/h3-10H,1-2H3. The first-order valence-corrected chi connectivity index (χ1v) is 5.41. The molecule has 0 saturated heterocycles. The fourth-order valence-electron chi connectivity index (χ4n) is 1.70. The predicted octanol–water partition coefficient (Wildman–Crippen LogP) is 2.38. The molecule has 0 amide bonds. The van der Waals surface area contributed by atoms with Crippen molar-refractivity contribution in [3.63, 3.8) is 0 Å². The summed E-state index contributed by atoms with van der Waals surface area (Å²) in [5, 5.41) is 0. The van der Waals surface area contributed by atoms with E-state index in [1.54, 1.807) is 12.4 Å². The number of carbonyl (C=O) groups is 1. The first kappa shape index (κ1) is 11.3. The van der Waals surface area contributed by atoms with Crippen molar-refractivity contribution < 1.29 is 4.79 Å². The number of aromatic nitrogens is 1. The largest absolute Gasteiger partial charge is 0.377 e. The number of rotatable bonds is 3. The molecule has 86 valence electrons. The van der Waals surface area contributed by atoms with Gasteiger partial charge in [0, 0.05) is 32.1 Å². The third kappa shape index (κ3) is 2.33. The Hall–Kier alpha value is -2.16. The number of nitrogens with zero attached hydrogens (tertiary/aromatic N) is 2. The summed E-state index contributed by atoms with van der Waals surface area (Å²) >= 11 is 0. The van der Waals surface area contributed by atoms with Crippen LogP contribution in [0, 0.1) is 0 Å². The summed E-state index contributed by atoms with van der Waals surface area (Å²) in [7, 11) is 3.83. The Balaban J connectivity index is 2.45. The van der Waals surface area contributed by atoms with Gasteiger partial charge in [0.2, 0.25) is 0 Å². The average Bonchev–Trinajstić information content (AvgIpc) is 2.39. The van der Waals surface area contributed by atoms with E-state index in [1.807, 2.05) is 55.4 Å². The summed E-state index contributed by atoms with van der Waals surface area (Å²) in [6, 6.07) is 11.1. The highest BCUT2D eigenvalue weighted by molar-refractivity contribution is 6.12. The van der Waals surface area contributed by atoms with Gasteiger partial charge in [0.05, 0.1) is 11.3 Å². The van der Waals surface area contributed by atoms with Crippen LogP contribution in [-0.2, 0) is 0 Å². The molecule has 0 N–H and O–H groups in total. The van der Waals surface area contributed by atoms with Crippen molar-refractivity contribution in [1.82, 2.24) is 4.98 Å². The van der Waals surface area contributed by atoms with Crippen LogP contribution in [0.1, 0.15) is 15.9 Å². The zero-order chi connectivity index (χ0) is 12.3. The lowest BCUT2D eigenvalue weighted by Gasteiger charge is -2.15. The molecule has 0 saturated carbocycles. The SMILES string of the molecule is CN(C)c1ccncc1C(=O)c1ccccc1. The van der Waals surface area contributed by atoms with Crippen LogP contribution in [-0.4, -0.2) is 24.9 Å². The molecule has 0 aliphatic carbocycles. The van der Waals surface area contributed by atoms with Crippen LogP contribution < -0.4 is 4.90 Å². The first-order chi connectivity index (χ1) is 8.20. The van der Waals surface area contributed by atoms with Crippen molar-refractivity contribution >= 4 is 11.5 Å². The third-order valence-corrected chi connectivity index (χ3v) is 2.56. The van der Waals surface area contributed by atoms with Crippen molar-refractivity contribution in [2.45, 2.75) is 0 Å². The van der Waals surface area contributed by atoms with Gasteiger partial charge in [-0.25, -0.2) is 0 Å². The second kappa shape index (κ2) is 4.78. The molecule has 1 aromatic heterocycles. The molecule has 17 heavy (non-hydrogen) atoms. The number of anilines is 1. The molecular weight excluding hydrogens is 212 g/mol. The highest BCUT2D eigenvalue weighted by atomic mass is 16.1. The van der Waals surface area contributed by atoms with Crippen LogP contribution in [0.25, 0.3) is 0 Å². The van der Waals surface area contributed by atoms with E-state index in [0.29, 0.717) is 11.1 Å². The van der Waals surface area contributed by atoms with Crippen molar-refractivity contribution in [3.05, 3.63) is 59.9 Å². The molecule has 0 aliphatic heterocycles. The maximum atomic E-state index is 12.3. The van der Waals surface area contributed by atoms with Crippen LogP contribution in [0.3, 0.4) is 0 Å². The molecule has 3 heteroatoms. The molecule has 1 aromatic carbocycles. The van der Waals surface area contributed by atoms with Gasteiger partial charge in [0.1, 0.15) is 0 Å². The van der Waals surface area contributed by atoms with Gasteiger partial charge >= 0.3 is 0 Å². The van der Waals surface area contributed by atoms with Crippen molar-refractivity contribution in [2.75, 3.05) is 19.0 Å². The summed E-state index contributed by atoms with van der Waals surface area (Å²) in [4.78, 5) is 18.2. The van der Waals surface area contributed by atoms with Crippen LogP contribution in [0.15, 0.2) is 48.8 Å². The van der Waals surface area contributed by atoms with E-state index in [2.05, 4.69) is 4.98 Å². The van der Waals surface area contributed by atoms with E-state index in [-0.39, 0.29) is 5.78 Å². The van der Waals surface area contributed by atoms with Gasteiger partial charge < -0.3 is 4.90 Å². The Labute approximate surface area is 101 Å². The van der Waals surface area contributed by atoms with Crippen molar-refractivity contribution in [1.29, 1.82) is 0 Å². The second-order valence-corrected chi connectivity index (χ2v) is 3.98. The normalized spacial score (nSPS) is 10.0. The van der Waals surface area contributed by atoms with E-state index < -0.39 is 0 Å². The molecule has 0 aliphatic rings. The molecule has 0 atom stereocenters. The van der Waals surface area contributed by atoms with Gasteiger partial charge in [-0.3, -0.25) is 9.78 Å². The Bertz CT molecular complexity index is 521. The quantitative estimate of drug-likeness (QED) is 0.753. The summed E-state index contributed by atoms with van der Waals surface area (Å²) in [6.07, 6.45) is 3.31. The summed E-state index contributed by atoms with van der Waals surface area (Å²) in [5.41, 5.74) is 2.20. The van der Waals surface area contributed by atoms with Gasteiger partial charge in [0.25, 0.3) is 0 Å². The number of hydrogen-bond donors (Lipinski definition) is 0. The highest BCUT2D eigenvalue weighted by Crippen LogP contribution is 2.20. The van der Waals surface area contributed by atoms with Gasteiger partial charge in [-0.15, -0.1) is 0 Å². The Morgan fingerprint density at radius 3 is 2.47 bits per heavy atom. The summed E-state index contributed by atoms with van der Waals surface area (Å²) in [5.74, 6) is 0.00222.